The molecular formula is C14H11NO5S2. The van der Waals surface area contributed by atoms with Crippen LogP contribution in [0.2, 0.25) is 0 Å². The summed E-state index contributed by atoms with van der Waals surface area (Å²) in [6.45, 7) is 2.21. The first kappa shape index (κ1) is 15.0. The lowest BCUT2D eigenvalue weighted by molar-refractivity contribution is -0.107. The second-order valence-corrected chi connectivity index (χ2v) is 6.34. The normalized spacial score (nSPS) is 17.8. The molecule has 1 aromatic carbocycles. The molecule has 0 spiro atoms. The Morgan fingerprint density at radius 3 is 3.09 bits per heavy atom. The van der Waals surface area contributed by atoms with Crippen LogP contribution < -0.4 is 9.47 Å². The average molecular weight is 337 g/mol. The van der Waals surface area contributed by atoms with Gasteiger partial charge < -0.3 is 14.2 Å². The SMILES string of the molecule is CCOC(=O)SC1=N/C(=C/c2ccc3c(c2)OCO3)C(=O)S1. The van der Waals surface area contributed by atoms with Crippen LogP contribution in [0.4, 0.5) is 4.79 Å². The maximum atomic E-state index is 11.9. The van der Waals surface area contributed by atoms with E-state index in [1.807, 2.05) is 6.07 Å². The predicted molar refractivity (Wildman–Crippen MR) is 85.2 cm³/mol. The number of ether oxygens (including phenoxy) is 3. The average Bonchev–Trinajstić information content (AvgIpc) is 3.06. The molecule has 114 valence electrons. The maximum Gasteiger partial charge on any atom is 0.374 e. The number of nitrogens with zero attached hydrogens (tertiary/aromatic N) is 1. The van der Waals surface area contributed by atoms with E-state index >= 15 is 0 Å². The van der Waals surface area contributed by atoms with Crippen molar-refractivity contribution in [2.75, 3.05) is 13.4 Å². The van der Waals surface area contributed by atoms with Crippen molar-refractivity contribution in [1.29, 1.82) is 0 Å². The molecule has 0 unspecified atom stereocenters. The maximum absolute atomic E-state index is 11.9. The molecule has 0 saturated heterocycles. The van der Waals surface area contributed by atoms with Gasteiger partial charge in [0.15, 0.2) is 11.5 Å². The van der Waals surface area contributed by atoms with Crippen molar-refractivity contribution in [2.45, 2.75) is 6.92 Å². The molecule has 0 fully saturated rings. The van der Waals surface area contributed by atoms with Gasteiger partial charge in [-0.25, -0.2) is 9.79 Å². The largest absolute Gasteiger partial charge is 0.458 e. The first-order valence-electron chi connectivity index (χ1n) is 6.42. The number of benzene rings is 1. The third-order valence-electron chi connectivity index (χ3n) is 2.73. The van der Waals surface area contributed by atoms with Gasteiger partial charge in [0.05, 0.1) is 6.61 Å². The third-order valence-corrected chi connectivity index (χ3v) is 4.44. The highest BCUT2D eigenvalue weighted by atomic mass is 32.2. The summed E-state index contributed by atoms with van der Waals surface area (Å²) in [5.41, 5.74) is 1.06. The number of fused-ring (bicyclic) bond motifs is 1. The summed E-state index contributed by atoms with van der Waals surface area (Å²) in [5, 5.41) is -0.671. The van der Waals surface area contributed by atoms with Crippen LogP contribution in [0.25, 0.3) is 6.08 Å². The highest BCUT2D eigenvalue weighted by Crippen LogP contribution is 2.35. The van der Waals surface area contributed by atoms with Crippen LogP contribution in [-0.4, -0.2) is 28.2 Å². The number of thioether (sulfide) groups is 2. The molecule has 0 N–H and O–H groups in total. The van der Waals surface area contributed by atoms with E-state index in [1.54, 1.807) is 25.1 Å². The lowest BCUT2D eigenvalue weighted by Crippen LogP contribution is -1.98. The van der Waals surface area contributed by atoms with Crippen molar-refractivity contribution in [3.8, 4) is 11.5 Å². The highest BCUT2D eigenvalue weighted by Gasteiger charge is 2.25. The van der Waals surface area contributed by atoms with Crippen LogP contribution in [0.5, 0.6) is 11.5 Å². The summed E-state index contributed by atoms with van der Waals surface area (Å²) < 4.78 is 15.7. The molecular weight excluding hydrogens is 326 g/mol. The van der Waals surface area contributed by atoms with Crippen LogP contribution in [-0.2, 0) is 9.53 Å². The van der Waals surface area contributed by atoms with Gasteiger partial charge in [0, 0.05) is 11.8 Å². The van der Waals surface area contributed by atoms with E-state index < -0.39 is 5.30 Å². The molecule has 0 aliphatic carbocycles. The Bertz CT molecular complexity index is 698. The molecule has 0 atom stereocenters. The Kier molecular flexibility index (Phi) is 4.39. The molecule has 1 aromatic rings. The zero-order chi connectivity index (χ0) is 15.5. The zero-order valence-corrected chi connectivity index (χ0v) is 13.2. The summed E-state index contributed by atoms with van der Waals surface area (Å²) >= 11 is 1.74. The molecule has 0 bridgehead atoms. The minimum Gasteiger partial charge on any atom is -0.458 e. The van der Waals surface area contributed by atoms with Crippen molar-refractivity contribution in [3.05, 3.63) is 29.5 Å². The molecule has 0 aromatic heterocycles. The van der Waals surface area contributed by atoms with Gasteiger partial charge in [-0.2, -0.15) is 0 Å². The molecule has 3 rings (SSSR count). The fourth-order valence-electron chi connectivity index (χ4n) is 1.81. The Morgan fingerprint density at radius 1 is 1.45 bits per heavy atom. The van der Waals surface area contributed by atoms with E-state index in [2.05, 4.69) is 4.99 Å². The fourth-order valence-corrected chi connectivity index (χ4v) is 3.39. The van der Waals surface area contributed by atoms with Crippen molar-refractivity contribution in [3.63, 3.8) is 0 Å². The lowest BCUT2D eigenvalue weighted by atomic mass is 10.2. The van der Waals surface area contributed by atoms with E-state index in [0.717, 1.165) is 29.1 Å². The standard InChI is InChI=1S/C14H11NO5S2/c1-2-18-14(17)22-13-15-9(12(16)21-13)5-8-3-4-10-11(6-8)20-7-19-10/h3-6H,2,7H2,1H3/b9-5+. The molecule has 2 aliphatic heterocycles. The minimum absolute atomic E-state index is 0.197. The Morgan fingerprint density at radius 2 is 2.27 bits per heavy atom. The van der Waals surface area contributed by atoms with Crippen LogP contribution >= 0.6 is 23.5 Å². The van der Waals surface area contributed by atoms with E-state index in [4.69, 9.17) is 14.2 Å². The fraction of sp³-hybridized carbons (Fsp3) is 0.214. The zero-order valence-electron chi connectivity index (χ0n) is 11.5. The van der Waals surface area contributed by atoms with Crippen LogP contribution in [0.3, 0.4) is 0 Å². The topological polar surface area (TPSA) is 74.2 Å². The number of carbonyl (C=O) groups excluding carboxylic acids is 2. The summed E-state index contributed by atoms with van der Waals surface area (Å²) in [4.78, 5) is 27.5. The smallest absolute Gasteiger partial charge is 0.374 e. The molecule has 0 amide bonds. The summed E-state index contributed by atoms with van der Waals surface area (Å²) in [6.07, 6.45) is 1.65. The second kappa shape index (κ2) is 6.45. The molecule has 2 heterocycles. The Labute approximate surface area is 134 Å². The van der Waals surface area contributed by atoms with Gasteiger partial charge in [-0.3, -0.25) is 4.79 Å². The molecule has 0 radical (unpaired) electrons. The van der Waals surface area contributed by atoms with Gasteiger partial charge in [-0.05, 0) is 42.5 Å². The van der Waals surface area contributed by atoms with Crippen molar-refractivity contribution < 1.29 is 23.8 Å². The second-order valence-electron chi connectivity index (χ2n) is 4.19. The van der Waals surface area contributed by atoms with Gasteiger partial charge in [0.1, 0.15) is 10.1 Å². The highest BCUT2D eigenvalue weighted by molar-refractivity contribution is 8.49. The number of carbonyl (C=O) groups is 2. The lowest BCUT2D eigenvalue weighted by Gasteiger charge is -1.98. The van der Waals surface area contributed by atoms with Crippen LogP contribution in [0, 0.1) is 0 Å². The van der Waals surface area contributed by atoms with E-state index in [-0.39, 0.29) is 24.2 Å². The monoisotopic (exact) mass is 337 g/mol. The number of hydrogen-bond acceptors (Lipinski definition) is 8. The van der Waals surface area contributed by atoms with Gasteiger partial charge in [0.25, 0.3) is 0 Å². The van der Waals surface area contributed by atoms with Crippen molar-refractivity contribution in [1.82, 2.24) is 0 Å². The van der Waals surface area contributed by atoms with E-state index in [0.29, 0.717) is 15.9 Å². The number of aliphatic imine (C=N–C) groups is 1. The molecule has 6 nitrogen and oxygen atoms in total. The van der Waals surface area contributed by atoms with Crippen LogP contribution in [0.15, 0.2) is 28.9 Å². The van der Waals surface area contributed by atoms with E-state index in [9.17, 15) is 9.59 Å². The van der Waals surface area contributed by atoms with Crippen molar-refractivity contribution >= 4 is 44.4 Å². The minimum atomic E-state index is -0.467. The van der Waals surface area contributed by atoms with E-state index in [1.165, 1.54) is 0 Å². The first-order valence-corrected chi connectivity index (χ1v) is 8.06. The Balaban J connectivity index is 1.77. The van der Waals surface area contributed by atoms with Gasteiger partial charge in [-0.15, -0.1) is 0 Å². The van der Waals surface area contributed by atoms with Gasteiger partial charge in [0.2, 0.25) is 11.9 Å². The summed E-state index contributed by atoms with van der Waals surface area (Å²) in [6, 6.07) is 5.36. The van der Waals surface area contributed by atoms with Crippen LogP contribution in [0.1, 0.15) is 12.5 Å². The quantitative estimate of drug-likeness (QED) is 0.605. The summed E-state index contributed by atoms with van der Waals surface area (Å²) in [7, 11) is 0. The first-order chi connectivity index (χ1) is 10.7. The molecule has 22 heavy (non-hydrogen) atoms. The summed E-state index contributed by atoms with van der Waals surface area (Å²) in [5.74, 6) is 1.31. The predicted octanol–water partition coefficient (Wildman–Crippen LogP) is 3.28. The molecule has 8 heteroatoms. The van der Waals surface area contributed by atoms with Gasteiger partial charge in [-0.1, -0.05) is 6.07 Å². The van der Waals surface area contributed by atoms with Gasteiger partial charge >= 0.3 is 5.30 Å². The number of hydrogen-bond donors (Lipinski definition) is 0. The molecule has 0 saturated carbocycles. The number of rotatable bonds is 2. The third kappa shape index (κ3) is 3.28. The molecule has 2 aliphatic rings. The Hall–Kier alpha value is -1.93. The van der Waals surface area contributed by atoms with Crippen molar-refractivity contribution in [2.24, 2.45) is 4.99 Å².